The van der Waals surface area contributed by atoms with E-state index >= 15 is 0 Å². The predicted molar refractivity (Wildman–Crippen MR) is 114 cm³/mol. The number of carbonyl (C=O) groups excluding carboxylic acids is 3. The topological polar surface area (TPSA) is 151 Å². The molecule has 0 aliphatic rings. The molecule has 4 atom stereocenters. The number of nitrogens with two attached hydrogens (primary N) is 1. The Balaban J connectivity index is 5.30. The molecule has 0 aliphatic heterocycles. The fraction of sp³-hybridized carbons (Fsp3) is 0.789. The number of hydrogen-bond donors (Lipinski definition) is 5. The molecule has 4 unspecified atom stereocenters. The van der Waals surface area contributed by atoms with E-state index in [2.05, 4.69) is 16.0 Å². The standard InChI is InChI=1S/C19H36N4O5S/c1-10(2)9-14(17(25)21-12(5)19(27)28)23-16(24)13(7-8-29-6)22-18(26)15(20)11(3)4/h10-15H,7-9,20H2,1-6H3,(H,21,25)(H,22,26)(H,23,24)(H,27,28). The van der Waals surface area contributed by atoms with E-state index in [0.29, 0.717) is 18.6 Å². The van der Waals surface area contributed by atoms with Crippen LogP contribution in [-0.4, -0.2) is 65.0 Å². The molecule has 0 spiro atoms. The van der Waals surface area contributed by atoms with Crippen molar-refractivity contribution >= 4 is 35.5 Å². The molecule has 168 valence electrons. The van der Waals surface area contributed by atoms with Crippen molar-refractivity contribution in [2.75, 3.05) is 12.0 Å². The van der Waals surface area contributed by atoms with E-state index in [0.717, 1.165) is 0 Å². The SMILES string of the molecule is CSCCC(NC(=O)C(N)C(C)C)C(=O)NC(CC(C)C)C(=O)NC(C)C(=O)O. The van der Waals surface area contributed by atoms with E-state index in [1.165, 1.54) is 18.7 Å². The summed E-state index contributed by atoms with van der Waals surface area (Å²) in [6.45, 7) is 8.76. The fourth-order valence-electron chi connectivity index (χ4n) is 2.43. The molecule has 0 aliphatic carbocycles. The van der Waals surface area contributed by atoms with E-state index in [-0.39, 0.29) is 11.8 Å². The molecule has 3 amide bonds. The zero-order valence-corrected chi connectivity index (χ0v) is 19.0. The molecule has 0 aromatic carbocycles. The first-order valence-electron chi connectivity index (χ1n) is 9.79. The van der Waals surface area contributed by atoms with Gasteiger partial charge < -0.3 is 26.8 Å². The van der Waals surface area contributed by atoms with Crippen LogP contribution < -0.4 is 21.7 Å². The molecule has 0 aromatic heterocycles. The molecule has 0 bridgehead atoms. The monoisotopic (exact) mass is 432 g/mol. The lowest BCUT2D eigenvalue weighted by Gasteiger charge is -2.26. The molecule has 9 nitrogen and oxygen atoms in total. The van der Waals surface area contributed by atoms with Gasteiger partial charge in [0.15, 0.2) is 0 Å². The Hall–Kier alpha value is -1.81. The number of carbonyl (C=O) groups is 4. The predicted octanol–water partition coefficient (Wildman–Crippen LogP) is 0.328. The molecular formula is C19H36N4O5S. The van der Waals surface area contributed by atoms with Crippen LogP contribution in [0, 0.1) is 11.8 Å². The number of aliphatic carboxylic acids is 1. The molecule has 0 heterocycles. The van der Waals surface area contributed by atoms with Crippen LogP contribution in [0.4, 0.5) is 0 Å². The third-order valence-electron chi connectivity index (χ3n) is 4.33. The Morgan fingerprint density at radius 1 is 0.897 bits per heavy atom. The molecular weight excluding hydrogens is 396 g/mol. The van der Waals surface area contributed by atoms with Gasteiger partial charge >= 0.3 is 5.97 Å². The van der Waals surface area contributed by atoms with E-state index in [1.807, 2.05) is 34.0 Å². The summed E-state index contributed by atoms with van der Waals surface area (Å²) in [4.78, 5) is 48.6. The van der Waals surface area contributed by atoms with Crippen LogP contribution in [0.1, 0.15) is 47.5 Å². The van der Waals surface area contributed by atoms with Gasteiger partial charge in [0.2, 0.25) is 17.7 Å². The number of nitrogens with one attached hydrogen (secondary N) is 3. The van der Waals surface area contributed by atoms with Crippen LogP contribution in [0.5, 0.6) is 0 Å². The largest absolute Gasteiger partial charge is 0.480 e. The van der Waals surface area contributed by atoms with Gasteiger partial charge in [-0.1, -0.05) is 27.7 Å². The first-order valence-corrected chi connectivity index (χ1v) is 11.2. The summed E-state index contributed by atoms with van der Waals surface area (Å²) in [6.07, 6.45) is 2.60. The van der Waals surface area contributed by atoms with Crippen molar-refractivity contribution in [3.05, 3.63) is 0 Å². The van der Waals surface area contributed by atoms with E-state index in [1.54, 1.807) is 0 Å². The minimum Gasteiger partial charge on any atom is -0.480 e. The summed E-state index contributed by atoms with van der Waals surface area (Å²) < 4.78 is 0. The highest BCUT2D eigenvalue weighted by molar-refractivity contribution is 7.98. The van der Waals surface area contributed by atoms with Crippen LogP contribution >= 0.6 is 11.8 Å². The van der Waals surface area contributed by atoms with Crippen molar-refractivity contribution in [1.82, 2.24) is 16.0 Å². The second kappa shape index (κ2) is 13.4. The van der Waals surface area contributed by atoms with Gasteiger partial charge in [0, 0.05) is 0 Å². The molecule has 0 aromatic rings. The number of amides is 3. The number of hydrogen-bond acceptors (Lipinski definition) is 6. The zero-order chi connectivity index (χ0) is 22.7. The maximum atomic E-state index is 12.8. The summed E-state index contributed by atoms with van der Waals surface area (Å²) in [5.41, 5.74) is 5.87. The molecule has 10 heteroatoms. The average Bonchev–Trinajstić information content (AvgIpc) is 2.62. The zero-order valence-electron chi connectivity index (χ0n) is 18.2. The second-order valence-corrected chi connectivity index (χ2v) is 8.86. The van der Waals surface area contributed by atoms with Crippen molar-refractivity contribution < 1.29 is 24.3 Å². The van der Waals surface area contributed by atoms with Gasteiger partial charge in [-0.15, -0.1) is 0 Å². The van der Waals surface area contributed by atoms with Gasteiger partial charge in [-0.3, -0.25) is 19.2 Å². The maximum Gasteiger partial charge on any atom is 0.325 e. The Labute approximate surface area is 177 Å². The Bertz CT molecular complexity index is 571. The van der Waals surface area contributed by atoms with E-state index < -0.39 is 47.9 Å². The Morgan fingerprint density at radius 2 is 1.41 bits per heavy atom. The summed E-state index contributed by atoms with van der Waals surface area (Å²) in [7, 11) is 0. The van der Waals surface area contributed by atoms with Crippen LogP contribution in [0.2, 0.25) is 0 Å². The first-order chi connectivity index (χ1) is 13.4. The van der Waals surface area contributed by atoms with Crippen molar-refractivity contribution in [3.8, 4) is 0 Å². The minimum atomic E-state index is -1.17. The van der Waals surface area contributed by atoms with Gasteiger partial charge in [-0.25, -0.2) is 0 Å². The lowest BCUT2D eigenvalue weighted by molar-refractivity contribution is -0.142. The summed E-state index contributed by atoms with van der Waals surface area (Å²) >= 11 is 1.53. The Morgan fingerprint density at radius 3 is 1.86 bits per heavy atom. The third kappa shape index (κ3) is 10.5. The van der Waals surface area contributed by atoms with Crippen LogP contribution in [0.25, 0.3) is 0 Å². The second-order valence-electron chi connectivity index (χ2n) is 7.87. The fourth-order valence-corrected chi connectivity index (χ4v) is 2.90. The lowest BCUT2D eigenvalue weighted by Crippen LogP contribution is -2.57. The highest BCUT2D eigenvalue weighted by Gasteiger charge is 2.30. The normalized spacial score (nSPS) is 15.3. The number of thioether (sulfide) groups is 1. The van der Waals surface area contributed by atoms with Crippen molar-refractivity contribution in [1.29, 1.82) is 0 Å². The molecule has 0 saturated carbocycles. The van der Waals surface area contributed by atoms with Gasteiger partial charge in [-0.2, -0.15) is 11.8 Å². The van der Waals surface area contributed by atoms with Gasteiger partial charge in [0.1, 0.15) is 18.1 Å². The smallest absolute Gasteiger partial charge is 0.325 e. The van der Waals surface area contributed by atoms with E-state index in [4.69, 9.17) is 10.8 Å². The molecule has 29 heavy (non-hydrogen) atoms. The number of carboxylic acids is 1. The summed E-state index contributed by atoms with van der Waals surface area (Å²) in [6, 6.07) is -3.56. The van der Waals surface area contributed by atoms with Crippen LogP contribution in [0.15, 0.2) is 0 Å². The summed E-state index contributed by atoms with van der Waals surface area (Å²) in [5, 5.41) is 16.7. The highest BCUT2D eigenvalue weighted by Crippen LogP contribution is 2.08. The first kappa shape index (κ1) is 27.2. The average molecular weight is 433 g/mol. The van der Waals surface area contributed by atoms with E-state index in [9.17, 15) is 19.2 Å². The number of carboxylic acid groups (broad SMARTS) is 1. The van der Waals surface area contributed by atoms with Crippen molar-refractivity contribution in [3.63, 3.8) is 0 Å². The highest BCUT2D eigenvalue weighted by atomic mass is 32.2. The van der Waals surface area contributed by atoms with Gasteiger partial charge in [0.05, 0.1) is 6.04 Å². The Kier molecular flexibility index (Phi) is 12.6. The van der Waals surface area contributed by atoms with Crippen LogP contribution in [-0.2, 0) is 19.2 Å². The molecule has 0 radical (unpaired) electrons. The quantitative estimate of drug-likeness (QED) is 0.281. The van der Waals surface area contributed by atoms with Crippen LogP contribution in [0.3, 0.4) is 0 Å². The van der Waals surface area contributed by atoms with Crippen molar-refractivity contribution in [2.24, 2.45) is 17.6 Å². The molecule has 0 fully saturated rings. The molecule has 0 saturated heterocycles. The third-order valence-corrected chi connectivity index (χ3v) is 4.98. The maximum absolute atomic E-state index is 12.8. The van der Waals surface area contributed by atoms with Gasteiger partial charge in [0.25, 0.3) is 0 Å². The lowest BCUT2D eigenvalue weighted by atomic mass is 10.0. The van der Waals surface area contributed by atoms with Gasteiger partial charge in [-0.05, 0) is 43.6 Å². The molecule has 6 N–H and O–H groups in total. The van der Waals surface area contributed by atoms with Crippen molar-refractivity contribution in [2.45, 2.75) is 71.6 Å². The number of rotatable bonds is 13. The minimum absolute atomic E-state index is 0.0831. The summed E-state index contributed by atoms with van der Waals surface area (Å²) in [5.74, 6) is -2.03. The molecule has 0 rings (SSSR count).